The first kappa shape index (κ1) is 11.9. The van der Waals surface area contributed by atoms with E-state index in [1.54, 1.807) is 19.2 Å². The number of halogens is 1. The van der Waals surface area contributed by atoms with E-state index < -0.39 is 0 Å². The maximum atomic E-state index is 5.87. The molecule has 0 radical (unpaired) electrons. The average Bonchev–Trinajstić information content (AvgIpc) is 2.25. The summed E-state index contributed by atoms with van der Waals surface area (Å²) in [6, 6.07) is 5.41. The van der Waals surface area contributed by atoms with Crippen LogP contribution in [0.15, 0.2) is 18.2 Å². The van der Waals surface area contributed by atoms with Crippen LogP contribution in [0, 0.1) is 11.8 Å². The molecule has 0 unspecified atom stereocenters. The van der Waals surface area contributed by atoms with Crippen LogP contribution < -0.4 is 10.1 Å². The SMILES string of the molecule is CCNCC#Cc1cc(Cl)ccc1OC. The predicted molar refractivity (Wildman–Crippen MR) is 63.4 cm³/mol. The quantitative estimate of drug-likeness (QED) is 0.627. The Kier molecular flexibility index (Phi) is 5.03. The fourth-order valence-corrected chi connectivity index (χ4v) is 1.28. The molecular weight excluding hydrogens is 210 g/mol. The lowest BCUT2D eigenvalue weighted by Gasteiger charge is -2.02. The van der Waals surface area contributed by atoms with Crippen molar-refractivity contribution >= 4 is 11.6 Å². The summed E-state index contributed by atoms with van der Waals surface area (Å²) in [7, 11) is 1.62. The van der Waals surface area contributed by atoms with Gasteiger partial charge in [-0.05, 0) is 24.7 Å². The lowest BCUT2D eigenvalue weighted by molar-refractivity contribution is 0.413. The van der Waals surface area contributed by atoms with Crippen LogP contribution in [0.1, 0.15) is 12.5 Å². The highest BCUT2D eigenvalue weighted by Gasteiger charge is 1.99. The van der Waals surface area contributed by atoms with Gasteiger partial charge in [0.1, 0.15) is 5.75 Å². The van der Waals surface area contributed by atoms with Gasteiger partial charge in [-0.25, -0.2) is 0 Å². The number of nitrogens with one attached hydrogen (secondary N) is 1. The van der Waals surface area contributed by atoms with Gasteiger partial charge in [0, 0.05) is 5.02 Å². The summed E-state index contributed by atoms with van der Waals surface area (Å²) in [4.78, 5) is 0. The molecule has 2 nitrogen and oxygen atoms in total. The molecule has 1 aromatic rings. The monoisotopic (exact) mass is 223 g/mol. The maximum absolute atomic E-state index is 5.87. The van der Waals surface area contributed by atoms with Crippen LogP contribution in [0.3, 0.4) is 0 Å². The van der Waals surface area contributed by atoms with Gasteiger partial charge < -0.3 is 10.1 Å². The molecule has 0 saturated heterocycles. The largest absolute Gasteiger partial charge is 0.495 e. The Morgan fingerprint density at radius 2 is 2.27 bits per heavy atom. The molecule has 0 aliphatic rings. The Bertz CT molecular complexity index is 379. The van der Waals surface area contributed by atoms with Crippen LogP contribution in [-0.4, -0.2) is 20.2 Å². The molecule has 0 heterocycles. The molecule has 0 saturated carbocycles. The van der Waals surface area contributed by atoms with Crippen LogP contribution in [0.5, 0.6) is 5.75 Å². The van der Waals surface area contributed by atoms with Crippen molar-refractivity contribution in [3.63, 3.8) is 0 Å². The lowest BCUT2D eigenvalue weighted by atomic mass is 10.2. The first-order valence-electron chi connectivity index (χ1n) is 4.81. The molecule has 0 aromatic heterocycles. The number of benzene rings is 1. The zero-order valence-electron chi connectivity index (χ0n) is 8.93. The second-order valence-corrected chi connectivity index (χ2v) is 3.36. The Labute approximate surface area is 95.6 Å². The van der Waals surface area contributed by atoms with Gasteiger partial charge >= 0.3 is 0 Å². The normalized spacial score (nSPS) is 9.27. The minimum absolute atomic E-state index is 0.670. The van der Waals surface area contributed by atoms with Crippen molar-refractivity contribution < 1.29 is 4.74 Å². The molecule has 15 heavy (non-hydrogen) atoms. The highest BCUT2D eigenvalue weighted by atomic mass is 35.5. The van der Waals surface area contributed by atoms with E-state index in [1.807, 2.05) is 13.0 Å². The minimum atomic E-state index is 0.670. The highest BCUT2D eigenvalue weighted by Crippen LogP contribution is 2.21. The van der Waals surface area contributed by atoms with Crippen LogP contribution in [0.4, 0.5) is 0 Å². The number of rotatable bonds is 3. The molecule has 0 aliphatic heterocycles. The first-order chi connectivity index (χ1) is 7.27. The molecule has 1 N–H and O–H groups in total. The summed E-state index contributed by atoms with van der Waals surface area (Å²) in [5, 5.41) is 3.79. The molecule has 0 atom stereocenters. The van der Waals surface area contributed by atoms with Gasteiger partial charge in [0.15, 0.2) is 0 Å². The second-order valence-electron chi connectivity index (χ2n) is 2.93. The highest BCUT2D eigenvalue weighted by molar-refractivity contribution is 6.30. The zero-order valence-corrected chi connectivity index (χ0v) is 9.69. The van der Waals surface area contributed by atoms with Crippen molar-refractivity contribution in [1.29, 1.82) is 0 Å². The van der Waals surface area contributed by atoms with E-state index in [4.69, 9.17) is 16.3 Å². The number of methoxy groups -OCH3 is 1. The third-order valence-corrected chi connectivity index (χ3v) is 2.08. The van der Waals surface area contributed by atoms with Crippen LogP contribution in [0.25, 0.3) is 0 Å². The second kappa shape index (κ2) is 6.34. The van der Waals surface area contributed by atoms with E-state index in [-0.39, 0.29) is 0 Å². The third-order valence-electron chi connectivity index (χ3n) is 1.85. The topological polar surface area (TPSA) is 21.3 Å². The first-order valence-corrected chi connectivity index (χ1v) is 5.19. The van der Waals surface area contributed by atoms with Crippen molar-refractivity contribution in [3.05, 3.63) is 28.8 Å². The van der Waals surface area contributed by atoms with E-state index in [0.29, 0.717) is 11.6 Å². The van der Waals surface area contributed by atoms with Gasteiger partial charge in [0.25, 0.3) is 0 Å². The predicted octanol–water partition coefficient (Wildman–Crippen LogP) is 2.31. The minimum Gasteiger partial charge on any atom is -0.495 e. The van der Waals surface area contributed by atoms with E-state index in [2.05, 4.69) is 17.2 Å². The molecule has 0 fully saturated rings. The number of hydrogen-bond donors (Lipinski definition) is 1. The molecule has 1 rings (SSSR count). The molecule has 1 aromatic carbocycles. The van der Waals surface area contributed by atoms with Crippen molar-refractivity contribution in [2.45, 2.75) is 6.92 Å². The molecule has 3 heteroatoms. The van der Waals surface area contributed by atoms with Gasteiger partial charge in [-0.2, -0.15) is 0 Å². The summed E-state index contributed by atoms with van der Waals surface area (Å²) in [5.74, 6) is 6.78. The van der Waals surface area contributed by atoms with Gasteiger partial charge in [0.2, 0.25) is 0 Å². The summed E-state index contributed by atoms with van der Waals surface area (Å²) in [5.41, 5.74) is 0.822. The Balaban J connectivity index is 2.80. The van der Waals surface area contributed by atoms with Crippen molar-refractivity contribution in [3.8, 4) is 17.6 Å². The van der Waals surface area contributed by atoms with E-state index in [9.17, 15) is 0 Å². The van der Waals surface area contributed by atoms with Crippen LogP contribution in [-0.2, 0) is 0 Å². The number of hydrogen-bond acceptors (Lipinski definition) is 2. The Hall–Kier alpha value is -1.17. The molecule has 0 amide bonds. The average molecular weight is 224 g/mol. The molecular formula is C12H14ClNO. The fraction of sp³-hybridized carbons (Fsp3) is 0.333. The third kappa shape index (κ3) is 3.83. The number of ether oxygens (including phenoxy) is 1. The van der Waals surface area contributed by atoms with Gasteiger partial charge in [0.05, 0.1) is 19.2 Å². The van der Waals surface area contributed by atoms with E-state index >= 15 is 0 Å². The van der Waals surface area contributed by atoms with Gasteiger partial charge in [-0.15, -0.1) is 0 Å². The van der Waals surface area contributed by atoms with Crippen molar-refractivity contribution in [2.24, 2.45) is 0 Å². The van der Waals surface area contributed by atoms with E-state index in [1.165, 1.54) is 0 Å². The van der Waals surface area contributed by atoms with Gasteiger partial charge in [-0.3, -0.25) is 0 Å². The van der Waals surface area contributed by atoms with Crippen LogP contribution >= 0.6 is 11.6 Å². The fourth-order valence-electron chi connectivity index (χ4n) is 1.10. The summed E-state index contributed by atoms with van der Waals surface area (Å²) < 4.78 is 5.18. The van der Waals surface area contributed by atoms with Crippen molar-refractivity contribution in [1.82, 2.24) is 5.32 Å². The molecule has 0 spiro atoms. The summed E-state index contributed by atoms with van der Waals surface area (Å²) >= 11 is 5.87. The summed E-state index contributed by atoms with van der Waals surface area (Å²) in [6.07, 6.45) is 0. The van der Waals surface area contributed by atoms with Crippen molar-refractivity contribution in [2.75, 3.05) is 20.2 Å². The summed E-state index contributed by atoms with van der Waals surface area (Å²) in [6.45, 7) is 3.63. The van der Waals surface area contributed by atoms with E-state index in [0.717, 1.165) is 17.9 Å². The maximum Gasteiger partial charge on any atom is 0.134 e. The standard InChI is InChI=1S/C12H14ClNO/c1-3-14-8-4-5-10-9-11(13)6-7-12(10)15-2/h6-7,9,14H,3,8H2,1-2H3. The van der Waals surface area contributed by atoms with Gasteiger partial charge in [-0.1, -0.05) is 30.4 Å². The van der Waals surface area contributed by atoms with Crippen LogP contribution in [0.2, 0.25) is 5.02 Å². The molecule has 0 bridgehead atoms. The lowest BCUT2D eigenvalue weighted by Crippen LogP contribution is -2.11. The zero-order chi connectivity index (χ0) is 11.1. The Morgan fingerprint density at radius 1 is 1.47 bits per heavy atom. The Morgan fingerprint density at radius 3 is 2.93 bits per heavy atom. The smallest absolute Gasteiger partial charge is 0.134 e. The molecule has 0 aliphatic carbocycles. The molecule has 80 valence electrons.